The summed E-state index contributed by atoms with van der Waals surface area (Å²) < 4.78 is 7.21. The van der Waals surface area contributed by atoms with Crippen LogP contribution in [0.25, 0.3) is 16.8 Å². The maximum absolute atomic E-state index is 5.35. The van der Waals surface area contributed by atoms with Crippen molar-refractivity contribution < 1.29 is 4.74 Å². The smallest absolute Gasteiger partial charge is 0.218 e. The van der Waals surface area contributed by atoms with Crippen molar-refractivity contribution >= 4 is 0 Å². The molecule has 0 spiro atoms. The van der Waals surface area contributed by atoms with Crippen LogP contribution in [0.3, 0.4) is 0 Å². The van der Waals surface area contributed by atoms with Gasteiger partial charge >= 0.3 is 0 Å². The minimum Gasteiger partial charge on any atom is -0.481 e. The molecule has 2 heterocycles. The quantitative estimate of drug-likeness (QED) is 0.736. The van der Waals surface area contributed by atoms with E-state index in [2.05, 4.69) is 29.1 Å². The standard InChI is InChI=1S/C17H17N3O/c1-12-7-4-5-8-14(12)15-11-18-17(21-3)13(2)16(15)20-10-6-9-19-20/h4-11H,1-3H3. The van der Waals surface area contributed by atoms with Gasteiger partial charge < -0.3 is 4.74 Å². The SMILES string of the molecule is COc1ncc(-c2ccccc2C)c(-n2cccn2)c1C. The average Bonchev–Trinajstić information content (AvgIpc) is 3.01. The van der Waals surface area contributed by atoms with E-state index in [1.165, 1.54) is 5.56 Å². The van der Waals surface area contributed by atoms with Crippen LogP contribution in [0.2, 0.25) is 0 Å². The highest BCUT2D eigenvalue weighted by molar-refractivity contribution is 5.77. The molecule has 106 valence electrons. The Morgan fingerprint density at radius 1 is 1.05 bits per heavy atom. The molecule has 0 saturated heterocycles. The van der Waals surface area contributed by atoms with Crippen molar-refractivity contribution in [2.24, 2.45) is 0 Å². The summed E-state index contributed by atoms with van der Waals surface area (Å²) in [6, 6.07) is 10.2. The third-order valence-corrected chi connectivity index (χ3v) is 3.60. The van der Waals surface area contributed by atoms with Crippen LogP contribution in [0.4, 0.5) is 0 Å². The highest BCUT2D eigenvalue weighted by Gasteiger charge is 2.16. The number of ether oxygens (including phenoxy) is 1. The number of rotatable bonds is 3. The predicted octanol–water partition coefficient (Wildman–Crippen LogP) is 3.56. The van der Waals surface area contributed by atoms with E-state index >= 15 is 0 Å². The van der Waals surface area contributed by atoms with Crippen LogP contribution in [0.15, 0.2) is 48.9 Å². The lowest BCUT2D eigenvalue weighted by molar-refractivity contribution is 0.394. The van der Waals surface area contributed by atoms with E-state index in [0.29, 0.717) is 5.88 Å². The van der Waals surface area contributed by atoms with Crippen molar-refractivity contribution in [1.29, 1.82) is 0 Å². The highest BCUT2D eigenvalue weighted by atomic mass is 16.5. The first-order valence-corrected chi connectivity index (χ1v) is 6.82. The van der Waals surface area contributed by atoms with Gasteiger partial charge in [0, 0.05) is 29.7 Å². The van der Waals surface area contributed by atoms with Gasteiger partial charge in [0.15, 0.2) is 0 Å². The lowest BCUT2D eigenvalue weighted by Crippen LogP contribution is -2.04. The Morgan fingerprint density at radius 2 is 1.86 bits per heavy atom. The molecule has 1 aromatic carbocycles. The van der Waals surface area contributed by atoms with Crippen LogP contribution < -0.4 is 4.74 Å². The molecule has 0 aliphatic rings. The number of aryl methyl sites for hydroxylation is 1. The second-order valence-electron chi connectivity index (χ2n) is 4.92. The summed E-state index contributed by atoms with van der Waals surface area (Å²) in [6.45, 7) is 4.10. The van der Waals surface area contributed by atoms with Gasteiger partial charge in [-0.05, 0) is 31.0 Å². The summed E-state index contributed by atoms with van der Waals surface area (Å²) in [5, 5.41) is 4.37. The third-order valence-electron chi connectivity index (χ3n) is 3.60. The maximum atomic E-state index is 5.35. The normalized spacial score (nSPS) is 10.6. The average molecular weight is 279 g/mol. The van der Waals surface area contributed by atoms with Gasteiger partial charge in [-0.2, -0.15) is 5.10 Å². The van der Waals surface area contributed by atoms with Crippen molar-refractivity contribution in [3.63, 3.8) is 0 Å². The monoisotopic (exact) mass is 279 g/mol. The summed E-state index contributed by atoms with van der Waals surface area (Å²) in [5.41, 5.74) is 5.39. The zero-order valence-electron chi connectivity index (χ0n) is 12.4. The van der Waals surface area contributed by atoms with Gasteiger partial charge in [0.05, 0.1) is 12.8 Å². The van der Waals surface area contributed by atoms with Gasteiger partial charge in [0.1, 0.15) is 0 Å². The molecule has 4 heteroatoms. The van der Waals surface area contributed by atoms with Gasteiger partial charge in [-0.25, -0.2) is 9.67 Å². The molecule has 0 bridgehead atoms. The molecule has 0 N–H and O–H groups in total. The topological polar surface area (TPSA) is 39.9 Å². The Hall–Kier alpha value is -2.62. The summed E-state index contributed by atoms with van der Waals surface area (Å²) in [6.07, 6.45) is 5.56. The molecule has 0 aliphatic heterocycles. The number of nitrogens with zero attached hydrogens (tertiary/aromatic N) is 3. The van der Waals surface area contributed by atoms with Crippen LogP contribution in [0, 0.1) is 13.8 Å². The Labute approximate surface area is 124 Å². The molecule has 2 aromatic heterocycles. The lowest BCUT2D eigenvalue weighted by Gasteiger charge is -2.16. The number of benzene rings is 1. The molecule has 0 amide bonds. The number of hydrogen-bond acceptors (Lipinski definition) is 3. The largest absolute Gasteiger partial charge is 0.481 e. The van der Waals surface area contributed by atoms with Gasteiger partial charge in [-0.1, -0.05) is 24.3 Å². The molecule has 0 radical (unpaired) electrons. The molecule has 0 atom stereocenters. The molecule has 21 heavy (non-hydrogen) atoms. The van der Waals surface area contributed by atoms with Crippen LogP contribution >= 0.6 is 0 Å². The van der Waals surface area contributed by atoms with Crippen LogP contribution in [-0.2, 0) is 0 Å². The highest BCUT2D eigenvalue weighted by Crippen LogP contribution is 2.33. The first-order chi connectivity index (χ1) is 10.2. The Bertz CT molecular complexity index is 764. The fraction of sp³-hybridized carbons (Fsp3) is 0.176. The van der Waals surface area contributed by atoms with E-state index in [9.17, 15) is 0 Å². The van der Waals surface area contributed by atoms with E-state index < -0.39 is 0 Å². The third kappa shape index (κ3) is 2.29. The molecule has 3 aromatic rings. The minimum absolute atomic E-state index is 0.623. The van der Waals surface area contributed by atoms with Crippen molar-refractivity contribution in [2.75, 3.05) is 7.11 Å². The number of methoxy groups -OCH3 is 1. The maximum Gasteiger partial charge on any atom is 0.218 e. The van der Waals surface area contributed by atoms with Crippen LogP contribution in [-0.4, -0.2) is 21.9 Å². The molecule has 0 fully saturated rings. The van der Waals surface area contributed by atoms with Crippen molar-refractivity contribution in [2.45, 2.75) is 13.8 Å². The van der Waals surface area contributed by atoms with Gasteiger partial charge in [0.2, 0.25) is 5.88 Å². The molecular formula is C17H17N3O. The van der Waals surface area contributed by atoms with E-state index in [1.54, 1.807) is 13.3 Å². The molecular weight excluding hydrogens is 262 g/mol. The molecule has 4 nitrogen and oxygen atoms in total. The van der Waals surface area contributed by atoms with Gasteiger partial charge in [-0.15, -0.1) is 0 Å². The number of pyridine rings is 1. The van der Waals surface area contributed by atoms with Crippen molar-refractivity contribution in [3.05, 3.63) is 60.0 Å². The molecule has 0 unspecified atom stereocenters. The summed E-state index contributed by atoms with van der Waals surface area (Å²) >= 11 is 0. The number of hydrogen-bond donors (Lipinski definition) is 0. The lowest BCUT2D eigenvalue weighted by atomic mass is 9.99. The Kier molecular flexibility index (Phi) is 3.44. The Balaban J connectivity index is 2.31. The van der Waals surface area contributed by atoms with Crippen LogP contribution in [0.1, 0.15) is 11.1 Å². The zero-order chi connectivity index (χ0) is 14.8. The van der Waals surface area contributed by atoms with Crippen molar-refractivity contribution in [1.82, 2.24) is 14.8 Å². The zero-order valence-corrected chi connectivity index (χ0v) is 12.4. The van der Waals surface area contributed by atoms with Crippen molar-refractivity contribution in [3.8, 4) is 22.7 Å². The second kappa shape index (κ2) is 5.40. The molecule has 0 aliphatic carbocycles. The Morgan fingerprint density at radius 3 is 2.52 bits per heavy atom. The minimum atomic E-state index is 0.623. The van der Waals surface area contributed by atoms with Crippen LogP contribution in [0.5, 0.6) is 5.88 Å². The fourth-order valence-electron chi connectivity index (χ4n) is 2.56. The van der Waals surface area contributed by atoms with E-state index in [1.807, 2.05) is 42.2 Å². The van der Waals surface area contributed by atoms with Gasteiger partial charge in [0.25, 0.3) is 0 Å². The first-order valence-electron chi connectivity index (χ1n) is 6.82. The summed E-state index contributed by atoms with van der Waals surface area (Å²) in [5.74, 6) is 0.623. The van der Waals surface area contributed by atoms with E-state index in [4.69, 9.17) is 4.74 Å². The van der Waals surface area contributed by atoms with E-state index in [0.717, 1.165) is 22.4 Å². The summed E-state index contributed by atoms with van der Waals surface area (Å²) in [4.78, 5) is 4.42. The number of aromatic nitrogens is 3. The summed E-state index contributed by atoms with van der Waals surface area (Å²) in [7, 11) is 1.63. The fourth-order valence-corrected chi connectivity index (χ4v) is 2.56. The predicted molar refractivity (Wildman–Crippen MR) is 82.8 cm³/mol. The van der Waals surface area contributed by atoms with E-state index in [-0.39, 0.29) is 0 Å². The first kappa shape index (κ1) is 13.4. The molecule has 0 saturated carbocycles. The van der Waals surface area contributed by atoms with Gasteiger partial charge in [-0.3, -0.25) is 0 Å². The molecule has 3 rings (SSSR count). The second-order valence-corrected chi connectivity index (χ2v) is 4.92.